The average Bonchev–Trinajstić information content (AvgIpc) is 2.34. The van der Waals surface area contributed by atoms with Crippen molar-refractivity contribution in [2.24, 2.45) is 5.41 Å². The predicted molar refractivity (Wildman–Crippen MR) is 75.3 cm³/mol. The lowest BCUT2D eigenvalue weighted by atomic mass is 9.88. The van der Waals surface area contributed by atoms with Gasteiger partial charge in [-0.3, -0.25) is 0 Å². The summed E-state index contributed by atoms with van der Waals surface area (Å²) in [6, 6.07) is 2.23. The molecule has 0 radical (unpaired) electrons. The molecule has 0 spiro atoms. The van der Waals surface area contributed by atoms with Crippen molar-refractivity contribution < 1.29 is 0 Å². The molecule has 98 valence electrons. The van der Waals surface area contributed by atoms with Crippen LogP contribution < -0.4 is 5.32 Å². The quantitative estimate of drug-likeness (QED) is 0.706. The highest BCUT2D eigenvalue weighted by Gasteiger charge is 2.17. The van der Waals surface area contributed by atoms with E-state index in [1.54, 1.807) is 0 Å². The van der Waals surface area contributed by atoms with Gasteiger partial charge < -0.3 is 10.2 Å². The third-order valence-corrected chi connectivity index (χ3v) is 4.17. The average molecular weight is 255 g/mol. The summed E-state index contributed by atoms with van der Waals surface area (Å²) < 4.78 is 0. The summed E-state index contributed by atoms with van der Waals surface area (Å²) in [5, 5.41) is 12.1. The predicted octanol–water partition coefficient (Wildman–Crippen LogP) is 1.95. The zero-order chi connectivity index (χ0) is 12.6. The van der Waals surface area contributed by atoms with Crippen LogP contribution in [0.15, 0.2) is 0 Å². The molecule has 0 aromatic heterocycles. The van der Waals surface area contributed by atoms with Crippen molar-refractivity contribution in [1.82, 2.24) is 10.2 Å². The van der Waals surface area contributed by atoms with Crippen LogP contribution in [0.25, 0.3) is 0 Å². The van der Waals surface area contributed by atoms with Gasteiger partial charge in [-0.25, -0.2) is 0 Å². The Hall–Kier alpha value is -0.240. The molecule has 3 nitrogen and oxygen atoms in total. The Bertz CT molecular complexity index is 242. The van der Waals surface area contributed by atoms with E-state index in [1.165, 1.54) is 24.6 Å². The van der Waals surface area contributed by atoms with Gasteiger partial charge in [-0.05, 0) is 11.8 Å². The number of nitrogens with zero attached hydrogens (tertiary/aromatic N) is 2. The molecule has 0 bridgehead atoms. The van der Waals surface area contributed by atoms with Crippen LogP contribution in [0, 0.1) is 16.7 Å². The van der Waals surface area contributed by atoms with E-state index < -0.39 is 0 Å². The fourth-order valence-electron chi connectivity index (χ4n) is 1.97. The van der Waals surface area contributed by atoms with Gasteiger partial charge in [0.25, 0.3) is 0 Å². The van der Waals surface area contributed by atoms with Gasteiger partial charge in [0.1, 0.15) is 0 Å². The number of nitrogens with one attached hydrogen (secondary N) is 1. The van der Waals surface area contributed by atoms with E-state index in [9.17, 15) is 0 Å². The lowest BCUT2D eigenvalue weighted by molar-refractivity contribution is 0.277. The summed E-state index contributed by atoms with van der Waals surface area (Å²) in [6.45, 7) is 10.2. The maximum atomic E-state index is 8.59. The van der Waals surface area contributed by atoms with Gasteiger partial charge in [0, 0.05) is 50.7 Å². The minimum atomic E-state index is 0.244. The Morgan fingerprint density at radius 3 is 2.71 bits per heavy atom. The minimum Gasteiger partial charge on any atom is -0.315 e. The molecular weight excluding hydrogens is 230 g/mol. The first-order valence-electron chi connectivity index (χ1n) is 6.52. The van der Waals surface area contributed by atoms with E-state index in [0.29, 0.717) is 6.42 Å². The highest BCUT2D eigenvalue weighted by molar-refractivity contribution is 7.99. The fourth-order valence-corrected chi connectivity index (χ4v) is 2.95. The first kappa shape index (κ1) is 14.8. The van der Waals surface area contributed by atoms with Gasteiger partial charge in [-0.15, -0.1) is 0 Å². The molecule has 0 aromatic carbocycles. The normalized spacial score (nSPS) is 17.9. The molecule has 4 heteroatoms. The van der Waals surface area contributed by atoms with Crippen molar-refractivity contribution in [3.8, 4) is 6.07 Å². The summed E-state index contributed by atoms with van der Waals surface area (Å²) in [5.74, 6) is 2.57. The Morgan fingerprint density at radius 1 is 1.35 bits per heavy atom. The van der Waals surface area contributed by atoms with Crippen LogP contribution in [0.1, 0.15) is 26.7 Å². The minimum absolute atomic E-state index is 0.244. The number of thioether (sulfide) groups is 1. The van der Waals surface area contributed by atoms with E-state index in [0.717, 1.165) is 26.1 Å². The monoisotopic (exact) mass is 255 g/mol. The Morgan fingerprint density at radius 2 is 2.06 bits per heavy atom. The Kier molecular flexibility index (Phi) is 6.94. The summed E-state index contributed by atoms with van der Waals surface area (Å²) in [4.78, 5) is 2.53. The van der Waals surface area contributed by atoms with Crippen molar-refractivity contribution in [1.29, 1.82) is 5.26 Å². The fraction of sp³-hybridized carbons (Fsp3) is 0.923. The van der Waals surface area contributed by atoms with E-state index >= 15 is 0 Å². The van der Waals surface area contributed by atoms with Crippen LogP contribution >= 0.6 is 11.8 Å². The van der Waals surface area contributed by atoms with Crippen molar-refractivity contribution in [3.05, 3.63) is 0 Å². The second-order valence-electron chi connectivity index (χ2n) is 5.45. The summed E-state index contributed by atoms with van der Waals surface area (Å²) >= 11 is 2.06. The zero-order valence-electron chi connectivity index (χ0n) is 11.2. The molecule has 0 amide bonds. The van der Waals surface area contributed by atoms with Crippen molar-refractivity contribution >= 4 is 11.8 Å². The van der Waals surface area contributed by atoms with Crippen molar-refractivity contribution in [2.45, 2.75) is 26.7 Å². The second kappa shape index (κ2) is 7.97. The highest BCUT2D eigenvalue weighted by Crippen LogP contribution is 2.20. The largest absolute Gasteiger partial charge is 0.315 e. The molecule has 1 heterocycles. The molecule has 1 fully saturated rings. The first-order valence-corrected chi connectivity index (χ1v) is 7.67. The molecule has 0 aliphatic carbocycles. The van der Waals surface area contributed by atoms with Gasteiger partial charge in [-0.1, -0.05) is 13.8 Å². The summed E-state index contributed by atoms with van der Waals surface area (Å²) in [6.07, 6.45) is 1.65. The van der Waals surface area contributed by atoms with Gasteiger partial charge in [0.15, 0.2) is 0 Å². The summed E-state index contributed by atoms with van der Waals surface area (Å²) in [7, 11) is 0. The number of hydrogen-bond donors (Lipinski definition) is 1. The van der Waals surface area contributed by atoms with E-state index in [-0.39, 0.29) is 5.41 Å². The molecule has 1 saturated heterocycles. The third-order valence-electron chi connectivity index (χ3n) is 3.23. The van der Waals surface area contributed by atoms with Gasteiger partial charge >= 0.3 is 0 Å². The molecule has 1 aliphatic heterocycles. The number of nitriles is 1. The van der Waals surface area contributed by atoms with Crippen LogP contribution in [-0.4, -0.2) is 49.1 Å². The number of rotatable bonds is 7. The molecule has 17 heavy (non-hydrogen) atoms. The molecule has 1 rings (SSSR count). The SMILES string of the molecule is CC(C)(CCC#N)CNCCN1CCSCC1. The summed E-state index contributed by atoms with van der Waals surface area (Å²) in [5.41, 5.74) is 0.244. The van der Waals surface area contributed by atoms with Crippen LogP contribution in [0.4, 0.5) is 0 Å². The second-order valence-corrected chi connectivity index (χ2v) is 6.68. The highest BCUT2D eigenvalue weighted by atomic mass is 32.2. The van der Waals surface area contributed by atoms with E-state index in [1.807, 2.05) is 0 Å². The molecule has 0 saturated carbocycles. The van der Waals surface area contributed by atoms with Gasteiger partial charge in [-0.2, -0.15) is 17.0 Å². The third kappa shape index (κ3) is 6.92. The first-order chi connectivity index (χ1) is 8.14. The van der Waals surface area contributed by atoms with E-state index in [4.69, 9.17) is 5.26 Å². The van der Waals surface area contributed by atoms with Gasteiger partial charge in [0.05, 0.1) is 6.07 Å². The Balaban J connectivity index is 2.04. The molecule has 1 N–H and O–H groups in total. The number of hydrogen-bond acceptors (Lipinski definition) is 4. The zero-order valence-corrected chi connectivity index (χ0v) is 12.0. The smallest absolute Gasteiger partial charge is 0.0621 e. The van der Waals surface area contributed by atoms with Crippen LogP contribution in [0.3, 0.4) is 0 Å². The maximum absolute atomic E-state index is 8.59. The molecule has 0 atom stereocenters. The molecule has 1 aliphatic rings. The van der Waals surface area contributed by atoms with Crippen LogP contribution in [0.5, 0.6) is 0 Å². The lowest BCUT2D eigenvalue weighted by Crippen LogP contribution is -2.39. The molecule has 0 unspecified atom stereocenters. The van der Waals surface area contributed by atoms with Gasteiger partial charge in [0.2, 0.25) is 0 Å². The lowest BCUT2D eigenvalue weighted by Gasteiger charge is -2.28. The van der Waals surface area contributed by atoms with Crippen LogP contribution in [-0.2, 0) is 0 Å². The Labute approximate surface area is 110 Å². The molecular formula is C13H25N3S. The molecule has 0 aromatic rings. The van der Waals surface area contributed by atoms with Crippen molar-refractivity contribution in [3.63, 3.8) is 0 Å². The maximum Gasteiger partial charge on any atom is 0.0621 e. The van der Waals surface area contributed by atoms with Crippen LogP contribution in [0.2, 0.25) is 0 Å². The topological polar surface area (TPSA) is 39.1 Å². The standard InChI is InChI=1S/C13H25N3S/c1-13(2,4-3-5-14)12-15-6-7-16-8-10-17-11-9-16/h15H,3-4,6-12H2,1-2H3. The van der Waals surface area contributed by atoms with Crippen molar-refractivity contribution in [2.75, 3.05) is 44.2 Å². The van der Waals surface area contributed by atoms with E-state index in [2.05, 4.69) is 41.9 Å².